The normalized spacial score (nSPS) is 14.6. The van der Waals surface area contributed by atoms with E-state index in [0.29, 0.717) is 5.56 Å². The summed E-state index contributed by atoms with van der Waals surface area (Å²) in [6.45, 7) is 16.9. The fourth-order valence-electron chi connectivity index (χ4n) is 9.51. The smallest absolute Gasteiger partial charge is 0.0991 e. The van der Waals surface area contributed by atoms with Crippen LogP contribution in [-0.4, -0.2) is 0 Å². The van der Waals surface area contributed by atoms with Gasteiger partial charge in [-0.15, -0.1) is 0 Å². The van der Waals surface area contributed by atoms with Gasteiger partial charge in [0.25, 0.3) is 0 Å². The summed E-state index contributed by atoms with van der Waals surface area (Å²) in [5.74, 6) is 0. The molecule has 0 unspecified atom stereocenters. The molecule has 0 saturated carbocycles. The SMILES string of the molecule is CC(C)(C)c1c2c(c(N(c3ccc(-c4ccccc4)cc3)c3ccc4cc(C#N)ccc4c3)c3c1-c1ccccc1C3(C)C)C(C)(C)c1ccccc1-2. The Kier molecular flexibility index (Phi) is 7.18. The molecule has 7 aromatic rings. The summed E-state index contributed by atoms with van der Waals surface area (Å²) in [5, 5.41) is 11.9. The van der Waals surface area contributed by atoms with E-state index >= 15 is 0 Å². The molecule has 2 aliphatic rings. The van der Waals surface area contributed by atoms with Crippen molar-refractivity contribution in [1.29, 1.82) is 5.26 Å². The molecule has 0 aliphatic heterocycles. The zero-order valence-corrected chi connectivity index (χ0v) is 31.7. The van der Waals surface area contributed by atoms with Gasteiger partial charge in [0, 0.05) is 22.2 Å². The average molecular weight is 685 g/mol. The fraction of sp³-hybridized carbons (Fsp3) is 0.196. The lowest BCUT2D eigenvalue weighted by Crippen LogP contribution is -2.27. The van der Waals surface area contributed by atoms with Crippen LogP contribution in [0.1, 0.15) is 81.8 Å². The zero-order valence-electron chi connectivity index (χ0n) is 31.7. The molecule has 0 aromatic heterocycles. The molecule has 7 aromatic carbocycles. The molecule has 0 amide bonds. The second kappa shape index (κ2) is 11.5. The lowest BCUT2D eigenvalue weighted by Gasteiger charge is -2.39. The monoisotopic (exact) mass is 684 g/mol. The lowest BCUT2D eigenvalue weighted by atomic mass is 9.70. The third kappa shape index (κ3) is 4.84. The van der Waals surface area contributed by atoms with Gasteiger partial charge in [-0.1, -0.05) is 152 Å². The number of rotatable bonds is 4. The molecule has 2 nitrogen and oxygen atoms in total. The van der Waals surface area contributed by atoms with Crippen LogP contribution in [-0.2, 0) is 16.2 Å². The summed E-state index contributed by atoms with van der Waals surface area (Å²) >= 11 is 0. The van der Waals surface area contributed by atoms with Crippen molar-refractivity contribution in [3.05, 3.63) is 173 Å². The summed E-state index contributed by atoms with van der Waals surface area (Å²) in [6, 6.07) is 53.0. The van der Waals surface area contributed by atoms with Crippen LogP contribution in [0.5, 0.6) is 0 Å². The largest absolute Gasteiger partial charge is 0.310 e. The van der Waals surface area contributed by atoms with Crippen molar-refractivity contribution in [3.8, 4) is 39.4 Å². The van der Waals surface area contributed by atoms with Crippen LogP contribution in [0.4, 0.5) is 17.1 Å². The third-order valence-electron chi connectivity index (χ3n) is 11.9. The second-order valence-corrected chi connectivity index (χ2v) is 16.9. The van der Waals surface area contributed by atoms with Crippen molar-refractivity contribution in [2.24, 2.45) is 0 Å². The first-order valence-electron chi connectivity index (χ1n) is 18.8. The minimum absolute atomic E-state index is 0.128. The molecule has 0 saturated heterocycles. The Balaban J connectivity index is 1.45. The van der Waals surface area contributed by atoms with Gasteiger partial charge in [0.2, 0.25) is 0 Å². The maximum Gasteiger partial charge on any atom is 0.0991 e. The molecule has 0 atom stereocenters. The maximum absolute atomic E-state index is 9.69. The Bertz CT molecular complexity index is 2560. The van der Waals surface area contributed by atoms with Crippen molar-refractivity contribution in [2.45, 2.75) is 64.7 Å². The van der Waals surface area contributed by atoms with Gasteiger partial charge in [0.15, 0.2) is 0 Å². The van der Waals surface area contributed by atoms with Gasteiger partial charge in [-0.05, 0) is 114 Å². The quantitative estimate of drug-likeness (QED) is 0.184. The Morgan fingerprint density at radius 1 is 0.528 bits per heavy atom. The number of hydrogen-bond donors (Lipinski definition) is 0. The zero-order chi connectivity index (χ0) is 36.9. The van der Waals surface area contributed by atoms with Crippen molar-refractivity contribution in [2.75, 3.05) is 4.90 Å². The molecule has 2 heteroatoms. The Morgan fingerprint density at radius 3 is 1.58 bits per heavy atom. The molecular formula is C51H44N2. The van der Waals surface area contributed by atoms with Gasteiger partial charge in [-0.25, -0.2) is 0 Å². The van der Waals surface area contributed by atoms with Crippen molar-refractivity contribution in [3.63, 3.8) is 0 Å². The minimum atomic E-state index is -0.276. The summed E-state index contributed by atoms with van der Waals surface area (Å²) < 4.78 is 0. The highest BCUT2D eigenvalue weighted by atomic mass is 15.2. The van der Waals surface area contributed by atoms with Crippen molar-refractivity contribution < 1.29 is 0 Å². The summed E-state index contributed by atoms with van der Waals surface area (Å²) in [7, 11) is 0. The Labute approximate surface area is 314 Å². The topological polar surface area (TPSA) is 27.0 Å². The summed E-state index contributed by atoms with van der Waals surface area (Å²) in [4.78, 5) is 2.55. The number of nitrogens with zero attached hydrogens (tertiary/aromatic N) is 2. The van der Waals surface area contributed by atoms with E-state index in [1.54, 1.807) is 0 Å². The van der Waals surface area contributed by atoms with Crippen molar-refractivity contribution in [1.82, 2.24) is 0 Å². The first-order chi connectivity index (χ1) is 25.4. The summed E-state index contributed by atoms with van der Waals surface area (Å²) in [5.41, 5.74) is 18.3. The highest BCUT2D eigenvalue weighted by Crippen LogP contribution is 2.65. The highest BCUT2D eigenvalue weighted by Gasteiger charge is 2.50. The van der Waals surface area contributed by atoms with Crippen LogP contribution in [0.2, 0.25) is 0 Å². The van der Waals surface area contributed by atoms with Gasteiger partial charge < -0.3 is 4.90 Å². The van der Waals surface area contributed by atoms with Gasteiger partial charge >= 0.3 is 0 Å². The fourth-order valence-corrected chi connectivity index (χ4v) is 9.51. The first-order valence-corrected chi connectivity index (χ1v) is 18.8. The highest BCUT2D eigenvalue weighted by molar-refractivity contribution is 6.03. The Morgan fingerprint density at radius 2 is 1.02 bits per heavy atom. The predicted molar refractivity (Wildman–Crippen MR) is 223 cm³/mol. The molecule has 9 rings (SSSR count). The second-order valence-electron chi connectivity index (χ2n) is 16.9. The average Bonchev–Trinajstić information content (AvgIpc) is 3.54. The Hall–Kier alpha value is -5.91. The van der Waals surface area contributed by atoms with Crippen LogP contribution >= 0.6 is 0 Å². The maximum atomic E-state index is 9.69. The molecule has 0 N–H and O–H groups in total. The van der Waals surface area contributed by atoms with E-state index in [0.717, 1.165) is 22.1 Å². The van der Waals surface area contributed by atoms with E-state index in [9.17, 15) is 5.26 Å². The van der Waals surface area contributed by atoms with Crippen LogP contribution in [0, 0.1) is 11.3 Å². The van der Waals surface area contributed by atoms with Crippen molar-refractivity contribution >= 4 is 27.8 Å². The van der Waals surface area contributed by atoms with Crippen LogP contribution in [0.25, 0.3) is 44.2 Å². The third-order valence-corrected chi connectivity index (χ3v) is 11.9. The van der Waals surface area contributed by atoms with E-state index in [-0.39, 0.29) is 16.2 Å². The molecule has 0 radical (unpaired) electrons. The molecule has 2 aliphatic carbocycles. The molecule has 53 heavy (non-hydrogen) atoms. The number of benzene rings is 7. The van der Waals surface area contributed by atoms with E-state index in [1.165, 1.54) is 66.9 Å². The number of fused-ring (bicyclic) bond motifs is 7. The van der Waals surface area contributed by atoms with Gasteiger partial charge in [0.1, 0.15) is 0 Å². The first kappa shape index (κ1) is 33.0. The lowest BCUT2D eigenvalue weighted by molar-refractivity contribution is 0.587. The van der Waals surface area contributed by atoms with Crippen LogP contribution in [0.3, 0.4) is 0 Å². The van der Waals surface area contributed by atoms with E-state index in [4.69, 9.17) is 0 Å². The molecule has 0 bridgehead atoms. The molecule has 0 fully saturated rings. The van der Waals surface area contributed by atoms with E-state index < -0.39 is 0 Å². The number of hydrogen-bond acceptors (Lipinski definition) is 2. The number of nitriles is 1. The number of anilines is 3. The molecule has 0 spiro atoms. The van der Waals surface area contributed by atoms with E-state index in [1.807, 2.05) is 12.1 Å². The van der Waals surface area contributed by atoms with E-state index in [2.05, 4.69) is 187 Å². The van der Waals surface area contributed by atoms with Gasteiger partial charge in [-0.2, -0.15) is 5.26 Å². The summed E-state index contributed by atoms with van der Waals surface area (Å²) in [6.07, 6.45) is 0. The van der Waals surface area contributed by atoms with Gasteiger partial charge in [-0.3, -0.25) is 0 Å². The van der Waals surface area contributed by atoms with Crippen LogP contribution in [0.15, 0.2) is 140 Å². The minimum Gasteiger partial charge on any atom is -0.310 e. The molecule has 0 heterocycles. The van der Waals surface area contributed by atoms with Gasteiger partial charge in [0.05, 0.1) is 17.3 Å². The molecular weight excluding hydrogens is 641 g/mol. The van der Waals surface area contributed by atoms with Crippen LogP contribution < -0.4 is 4.90 Å². The predicted octanol–water partition coefficient (Wildman–Crippen LogP) is 13.8. The molecule has 258 valence electrons. The standard InChI is InChI=1S/C51H44N2/c1-49(2,3)45-43-39-17-11-13-19-41(39)50(4,5)46(43)48(47-44(45)40-18-12-14-20-42(40)51(47,6)7)53(37-26-23-34(24-27-37)33-15-9-8-10-16-33)38-28-25-35-29-32(31-52)21-22-36(35)30-38/h8-30H,1-7H3.